The molecule has 2 amide bonds. The molecule has 1 aromatic heterocycles. The van der Waals surface area contributed by atoms with Crippen molar-refractivity contribution in [2.24, 2.45) is 0 Å². The number of ether oxygens (including phenoxy) is 1. The summed E-state index contributed by atoms with van der Waals surface area (Å²) >= 11 is 6.22. The molecule has 4 aromatic rings. The predicted molar refractivity (Wildman–Crippen MR) is 144 cm³/mol. The van der Waals surface area contributed by atoms with Crippen molar-refractivity contribution in [1.29, 1.82) is 0 Å². The number of hydrogen-bond donors (Lipinski definition) is 1. The third kappa shape index (κ3) is 7.66. The fourth-order valence-electron chi connectivity index (χ4n) is 3.93. The number of amides is 2. The van der Waals surface area contributed by atoms with E-state index in [4.69, 9.17) is 16.3 Å². The summed E-state index contributed by atoms with van der Waals surface area (Å²) in [5.41, 5.74) is 2.73. The van der Waals surface area contributed by atoms with Crippen molar-refractivity contribution in [3.8, 4) is 5.75 Å². The van der Waals surface area contributed by atoms with Gasteiger partial charge in [-0.05, 0) is 34.9 Å². The first kappa shape index (κ1) is 25.9. The van der Waals surface area contributed by atoms with Gasteiger partial charge >= 0.3 is 0 Å². The third-order valence-electron chi connectivity index (χ3n) is 5.84. The highest BCUT2D eigenvalue weighted by Gasteiger charge is 2.30. The van der Waals surface area contributed by atoms with Crippen LogP contribution in [0.3, 0.4) is 0 Å². The standard InChI is InChI=1S/C30H28ClN3O3/c31-26-15-7-8-16-28(26)37-22-29(35)34(21-24-12-5-2-6-13-24)27(18-23-10-3-1-4-11-23)30(36)33-20-25-14-9-17-32-19-25/h1-17,19,27H,18,20-22H2,(H,33,36)/t27-/m0/s1. The van der Waals surface area contributed by atoms with Crippen molar-refractivity contribution in [2.45, 2.75) is 25.6 Å². The smallest absolute Gasteiger partial charge is 0.261 e. The molecule has 3 aromatic carbocycles. The van der Waals surface area contributed by atoms with E-state index in [-0.39, 0.29) is 25.0 Å². The van der Waals surface area contributed by atoms with Gasteiger partial charge in [0.25, 0.3) is 5.91 Å². The molecule has 0 aliphatic carbocycles. The molecule has 0 spiro atoms. The first-order valence-electron chi connectivity index (χ1n) is 12.0. The Labute approximate surface area is 221 Å². The molecule has 0 bridgehead atoms. The molecule has 37 heavy (non-hydrogen) atoms. The summed E-state index contributed by atoms with van der Waals surface area (Å²) in [5.74, 6) is -0.159. The van der Waals surface area contributed by atoms with Crippen molar-refractivity contribution in [1.82, 2.24) is 15.2 Å². The number of pyridine rings is 1. The lowest BCUT2D eigenvalue weighted by atomic mass is 10.0. The molecule has 6 nitrogen and oxygen atoms in total. The highest BCUT2D eigenvalue weighted by Crippen LogP contribution is 2.23. The van der Waals surface area contributed by atoms with Gasteiger partial charge in [-0.25, -0.2) is 0 Å². The van der Waals surface area contributed by atoms with E-state index >= 15 is 0 Å². The maximum atomic E-state index is 13.6. The van der Waals surface area contributed by atoms with Crippen LogP contribution in [0.2, 0.25) is 5.02 Å². The Morgan fingerprint density at radius 2 is 1.49 bits per heavy atom. The molecule has 188 valence electrons. The average molecular weight is 514 g/mol. The summed E-state index contributed by atoms with van der Waals surface area (Å²) in [4.78, 5) is 32.9. The maximum absolute atomic E-state index is 13.6. The number of halogens is 1. The van der Waals surface area contributed by atoms with Gasteiger partial charge in [-0.2, -0.15) is 0 Å². The normalized spacial score (nSPS) is 11.4. The second kappa shape index (κ2) is 13.2. The minimum absolute atomic E-state index is 0.252. The zero-order chi connectivity index (χ0) is 25.9. The van der Waals surface area contributed by atoms with Gasteiger partial charge in [-0.1, -0.05) is 90.5 Å². The van der Waals surface area contributed by atoms with Crippen LogP contribution in [0.25, 0.3) is 0 Å². The third-order valence-corrected chi connectivity index (χ3v) is 6.16. The zero-order valence-corrected chi connectivity index (χ0v) is 21.1. The van der Waals surface area contributed by atoms with Gasteiger partial charge < -0.3 is 15.0 Å². The summed E-state index contributed by atoms with van der Waals surface area (Å²) in [5, 5.41) is 3.41. The fourth-order valence-corrected chi connectivity index (χ4v) is 4.12. The van der Waals surface area contributed by atoms with E-state index < -0.39 is 6.04 Å². The van der Waals surface area contributed by atoms with Crippen molar-refractivity contribution in [3.63, 3.8) is 0 Å². The summed E-state index contributed by atoms with van der Waals surface area (Å²) in [6.07, 6.45) is 3.74. The number of aromatic nitrogens is 1. The van der Waals surface area contributed by atoms with Gasteiger partial charge in [-0.15, -0.1) is 0 Å². The monoisotopic (exact) mass is 513 g/mol. The summed E-state index contributed by atoms with van der Waals surface area (Å²) in [7, 11) is 0. The first-order chi connectivity index (χ1) is 18.1. The van der Waals surface area contributed by atoms with E-state index in [0.29, 0.717) is 23.7 Å². The number of para-hydroxylation sites is 1. The van der Waals surface area contributed by atoms with Crippen LogP contribution in [-0.4, -0.2) is 34.3 Å². The maximum Gasteiger partial charge on any atom is 0.261 e. The molecule has 1 heterocycles. The highest BCUT2D eigenvalue weighted by molar-refractivity contribution is 6.32. The van der Waals surface area contributed by atoms with Crippen LogP contribution in [0.1, 0.15) is 16.7 Å². The van der Waals surface area contributed by atoms with Crippen LogP contribution in [0.5, 0.6) is 5.75 Å². The molecule has 0 aliphatic rings. The number of carbonyl (C=O) groups is 2. The first-order valence-corrected chi connectivity index (χ1v) is 12.4. The predicted octanol–water partition coefficient (Wildman–Crippen LogP) is 5.07. The number of benzene rings is 3. The molecule has 7 heteroatoms. The molecule has 1 N–H and O–H groups in total. The molecular weight excluding hydrogens is 486 g/mol. The van der Waals surface area contributed by atoms with Crippen molar-refractivity contribution in [3.05, 3.63) is 131 Å². The molecular formula is C30H28ClN3O3. The Morgan fingerprint density at radius 3 is 2.16 bits per heavy atom. The van der Waals surface area contributed by atoms with Gasteiger partial charge in [0.05, 0.1) is 5.02 Å². The number of nitrogens with one attached hydrogen (secondary N) is 1. The van der Waals surface area contributed by atoms with Crippen LogP contribution in [0.15, 0.2) is 109 Å². The van der Waals surface area contributed by atoms with E-state index in [9.17, 15) is 9.59 Å². The molecule has 1 atom stereocenters. The molecule has 0 saturated carbocycles. The lowest BCUT2D eigenvalue weighted by Gasteiger charge is -2.31. The van der Waals surface area contributed by atoms with Crippen LogP contribution in [0.4, 0.5) is 0 Å². The van der Waals surface area contributed by atoms with E-state index in [0.717, 1.165) is 16.7 Å². The van der Waals surface area contributed by atoms with Gasteiger partial charge in [0.2, 0.25) is 5.91 Å². The molecule has 0 aliphatic heterocycles. The zero-order valence-electron chi connectivity index (χ0n) is 20.3. The van der Waals surface area contributed by atoms with E-state index in [1.807, 2.05) is 72.8 Å². The minimum Gasteiger partial charge on any atom is -0.482 e. The van der Waals surface area contributed by atoms with Gasteiger partial charge in [0.15, 0.2) is 6.61 Å². The number of hydrogen-bond acceptors (Lipinski definition) is 4. The fraction of sp³-hybridized carbons (Fsp3) is 0.167. The van der Waals surface area contributed by atoms with E-state index in [2.05, 4.69) is 10.3 Å². The lowest BCUT2D eigenvalue weighted by molar-refractivity contribution is -0.142. The van der Waals surface area contributed by atoms with Gasteiger partial charge in [0, 0.05) is 31.9 Å². The minimum atomic E-state index is -0.762. The van der Waals surface area contributed by atoms with Crippen LogP contribution in [-0.2, 0) is 29.1 Å². The van der Waals surface area contributed by atoms with Crippen LogP contribution >= 0.6 is 11.6 Å². The second-order valence-corrected chi connectivity index (χ2v) is 8.92. The Kier molecular flexibility index (Phi) is 9.27. The molecule has 0 saturated heterocycles. The largest absolute Gasteiger partial charge is 0.482 e. The van der Waals surface area contributed by atoms with Crippen molar-refractivity contribution >= 4 is 23.4 Å². The second-order valence-electron chi connectivity index (χ2n) is 8.51. The topological polar surface area (TPSA) is 71.5 Å². The van der Waals surface area contributed by atoms with Gasteiger partial charge in [-0.3, -0.25) is 14.6 Å². The quantitative estimate of drug-likeness (QED) is 0.304. The number of carbonyl (C=O) groups excluding carboxylic acids is 2. The Bertz CT molecular complexity index is 1290. The number of rotatable bonds is 11. The Hall–Kier alpha value is -4.16. The van der Waals surface area contributed by atoms with Crippen LogP contribution < -0.4 is 10.1 Å². The molecule has 0 radical (unpaired) electrons. The van der Waals surface area contributed by atoms with Crippen molar-refractivity contribution < 1.29 is 14.3 Å². The molecule has 0 fully saturated rings. The Balaban J connectivity index is 1.60. The van der Waals surface area contributed by atoms with Gasteiger partial charge in [0.1, 0.15) is 11.8 Å². The lowest BCUT2D eigenvalue weighted by Crippen LogP contribution is -2.51. The highest BCUT2D eigenvalue weighted by atomic mass is 35.5. The summed E-state index contributed by atoms with van der Waals surface area (Å²) < 4.78 is 5.76. The van der Waals surface area contributed by atoms with Crippen molar-refractivity contribution in [2.75, 3.05) is 6.61 Å². The van der Waals surface area contributed by atoms with E-state index in [1.165, 1.54) is 0 Å². The summed E-state index contributed by atoms with van der Waals surface area (Å²) in [6.45, 7) is 0.308. The van der Waals surface area contributed by atoms with E-state index in [1.54, 1.807) is 41.6 Å². The average Bonchev–Trinajstić information content (AvgIpc) is 2.94. The molecule has 4 rings (SSSR count). The number of nitrogens with zero attached hydrogens (tertiary/aromatic N) is 2. The Morgan fingerprint density at radius 1 is 0.838 bits per heavy atom. The summed E-state index contributed by atoms with van der Waals surface area (Å²) in [6, 6.07) is 29.2. The molecule has 0 unspecified atom stereocenters. The SMILES string of the molecule is O=C(NCc1cccnc1)[C@H](Cc1ccccc1)N(Cc1ccccc1)C(=O)COc1ccccc1Cl. The van der Waals surface area contributed by atoms with Crippen LogP contribution in [0, 0.1) is 0 Å².